The van der Waals surface area contributed by atoms with E-state index in [-0.39, 0.29) is 0 Å². The van der Waals surface area contributed by atoms with Crippen LogP contribution in [0.5, 0.6) is 0 Å². The van der Waals surface area contributed by atoms with Crippen LogP contribution in [0.3, 0.4) is 0 Å². The lowest BCUT2D eigenvalue weighted by atomic mass is 9.95. The van der Waals surface area contributed by atoms with Gasteiger partial charge in [-0.3, -0.25) is 0 Å². The van der Waals surface area contributed by atoms with Crippen LogP contribution >= 0.6 is 15.9 Å². The van der Waals surface area contributed by atoms with Gasteiger partial charge in [0.1, 0.15) is 0 Å². The van der Waals surface area contributed by atoms with Crippen LogP contribution in [0.4, 0.5) is 0 Å². The van der Waals surface area contributed by atoms with Crippen LogP contribution in [0.2, 0.25) is 0 Å². The molecule has 2 unspecified atom stereocenters. The van der Waals surface area contributed by atoms with Crippen LogP contribution in [0, 0.1) is 0 Å². The first-order valence-corrected chi connectivity index (χ1v) is 7.91. The SMILES string of the molecule is CCC(C)c1ccc(C(O)Cc2cccc(Br)c2)cc1. The molecule has 0 aliphatic rings. The average molecular weight is 333 g/mol. The highest BCUT2D eigenvalue weighted by molar-refractivity contribution is 9.10. The summed E-state index contributed by atoms with van der Waals surface area (Å²) in [4.78, 5) is 0. The Bertz CT molecular complexity index is 548. The fourth-order valence-corrected chi connectivity index (χ4v) is 2.73. The summed E-state index contributed by atoms with van der Waals surface area (Å²) >= 11 is 3.46. The van der Waals surface area contributed by atoms with Gasteiger partial charge in [0, 0.05) is 10.9 Å². The maximum Gasteiger partial charge on any atom is 0.0830 e. The average Bonchev–Trinajstić information content (AvgIpc) is 2.46. The van der Waals surface area contributed by atoms with Gasteiger partial charge in [0.25, 0.3) is 0 Å². The van der Waals surface area contributed by atoms with Crippen molar-refractivity contribution < 1.29 is 5.11 Å². The monoisotopic (exact) mass is 332 g/mol. The molecule has 1 nitrogen and oxygen atoms in total. The number of hydrogen-bond donors (Lipinski definition) is 1. The molecular weight excluding hydrogens is 312 g/mol. The Morgan fingerprint density at radius 3 is 2.30 bits per heavy atom. The first-order valence-electron chi connectivity index (χ1n) is 7.12. The molecule has 0 amide bonds. The number of hydrogen-bond acceptors (Lipinski definition) is 1. The quantitative estimate of drug-likeness (QED) is 0.793. The second kappa shape index (κ2) is 7.05. The molecule has 106 valence electrons. The highest BCUT2D eigenvalue weighted by Crippen LogP contribution is 2.24. The van der Waals surface area contributed by atoms with Crippen LogP contribution in [0.15, 0.2) is 53.0 Å². The smallest absolute Gasteiger partial charge is 0.0830 e. The van der Waals surface area contributed by atoms with E-state index in [4.69, 9.17) is 0 Å². The van der Waals surface area contributed by atoms with E-state index >= 15 is 0 Å². The van der Waals surface area contributed by atoms with Crippen molar-refractivity contribution >= 4 is 15.9 Å². The molecule has 0 saturated carbocycles. The van der Waals surface area contributed by atoms with Crippen LogP contribution in [-0.4, -0.2) is 5.11 Å². The number of aliphatic hydroxyl groups is 1. The fraction of sp³-hybridized carbons (Fsp3) is 0.333. The topological polar surface area (TPSA) is 20.2 Å². The first-order chi connectivity index (χ1) is 9.60. The summed E-state index contributed by atoms with van der Waals surface area (Å²) in [6.45, 7) is 4.42. The molecule has 2 atom stereocenters. The third-order valence-electron chi connectivity index (χ3n) is 3.82. The van der Waals surface area contributed by atoms with E-state index in [9.17, 15) is 5.11 Å². The van der Waals surface area contributed by atoms with Gasteiger partial charge in [-0.15, -0.1) is 0 Å². The Kier molecular flexibility index (Phi) is 5.38. The molecule has 0 bridgehead atoms. The zero-order chi connectivity index (χ0) is 14.5. The lowest BCUT2D eigenvalue weighted by molar-refractivity contribution is 0.178. The number of halogens is 1. The Morgan fingerprint density at radius 2 is 1.70 bits per heavy atom. The minimum absolute atomic E-state index is 0.449. The van der Waals surface area contributed by atoms with Crippen molar-refractivity contribution in [3.05, 3.63) is 69.7 Å². The lowest BCUT2D eigenvalue weighted by Crippen LogP contribution is -2.02. The molecule has 0 aliphatic carbocycles. The molecule has 1 N–H and O–H groups in total. The number of aliphatic hydroxyl groups excluding tert-OH is 1. The van der Waals surface area contributed by atoms with E-state index in [0.717, 1.165) is 22.0 Å². The van der Waals surface area contributed by atoms with E-state index < -0.39 is 6.10 Å². The summed E-state index contributed by atoms with van der Waals surface area (Å²) in [5.74, 6) is 0.575. The number of benzene rings is 2. The zero-order valence-electron chi connectivity index (χ0n) is 12.0. The summed E-state index contributed by atoms with van der Waals surface area (Å²) < 4.78 is 1.05. The summed E-state index contributed by atoms with van der Waals surface area (Å²) in [5, 5.41) is 10.3. The fourth-order valence-electron chi connectivity index (χ4n) is 2.29. The normalized spacial score (nSPS) is 14.0. The van der Waals surface area contributed by atoms with Crippen LogP contribution in [0.25, 0.3) is 0 Å². The minimum Gasteiger partial charge on any atom is -0.388 e. The van der Waals surface area contributed by atoms with Crippen molar-refractivity contribution in [2.24, 2.45) is 0 Å². The lowest BCUT2D eigenvalue weighted by Gasteiger charge is -2.14. The van der Waals surface area contributed by atoms with Gasteiger partial charge in [-0.05, 0) is 41.2 Å². The maximum absolute atomic E-state index is 10.3. The second-order valence-electron chi connectivity index (χ2n) is 5.33. The summed E-state index contributed by atoms with van der Waals surface area (Å²) in [7, 11) is 0. The van der Waals surface area contributed by atoms with E-state index in [2.05, 4.69) is 48.0 Å². The molecule has 0 radical (unpaired) electrons. The molecule has 2 aromatic rings. The molecule has 0 fully saturated rings. The molecular formula is C18H21BrO. The van der Waals surface area contributed by atoms with E-state index in [1.54, 1.807) is 0 Å². The standard InChI is InChI=1S/C18H21BrO/c1-3-13(2)15-7-9-16(10-8-15)18(20)12-14-5-4-6-17(19)11-14/h4-11,13,18,20H,3,12H2,1-2H3. The third kappa shape index (κ3) is 3.94. The number of rotatable bonds is 5. The van der Waals surface area contributed by atoms with Gasteiger partial charge in [-0.25, -0.2) is 0 Å². The second-order valence-corrected chi connectivity index (χ2v) is 6.24. The van der Waals surface area contributed by atoms with Gasteiger partial charge in [0.2, 0.25) is 0 Å². The van der Waals surface area contributed by atoms with Gasteiger partial charge in [-0.2, -0.15) is 0 Å². The van der Waals surface area contributed by atoms with Crippen molar-refractivity contribution in [2.75, 3.05) is 0 Å². The van der Waals surface area contributed by atoms with Crippen molar-refractivity contribution in [2.45, 2.75) is 38.7 Å². The Hall–Kier alpha value is -1.12. The summed E-state index contributed by atoms with van der Waals surface area (Å²) in [6, 6.07) is 16.4. The Balaban J connectivity index is 2.07. The van der Waals surface area contributed by atoms with Gasteiger partial charge in [-0.1, -0.05) is 66.2 Å². The van der Waals surface area contributed by atoms with Crippen LogP contribution in [0.1, 0.15) is 49.0 Å². The molecule has 0 spiro atoms. The zero-order valence-corrected chi connectivity index (χ0v) is 13.6. The largest absolute Gasteiger partial charge is 0.388 e. The molecule has 0 aromatic heterocycles. The summed E-state index contributed by atoms with van der Waals surface area (Å²) in [6.07, 6.45) is 1.33. The minimum atomic E-state index is -0.449. The molecule has 0 heterocycles. The highest BCUT2D eigenvalue weighted by Gasteiger charge is 2.10. The van der Waals surface area contributed by atoms with Crippen LogP contribution in [-0.2, 0) is 6.42 Å². The van der Waals surface area contributed by atoms with E-state index in [1.165, 1.54) is 5.56 Å². The van der Waals surface area contributed by atoms with Crippen LogP contribution < -0.4 is 0 Å². The van der Waals surface area contributed by atoms with Gasteiger partial charge >= 0.3 is 0 Å². The third-order valence-corrected chi connectivity index (χ3v) is 4.31. The Morgan fingerprint density at radius 1 is 1.05 bits per heavy atom. The summed E-state index contributed by atoms with van der Waals surface area (Å²) in [5.41, 5.74) is 3.46. The van der Waals surface area contributed by atoms with E-state index in [1.807, 2.05) is 30.3 Å². The highest BCUT2D eigenvalue weighted by atomic mass is 79.9. The Labute approximate surface area is 129 Å². The van der Waals surface area contributed by atoms with Crippen molar-refractivity contribution in [3.63, 3.8) is 0 Å². The predicted octanol–water partition coefficient (Wildman–Crippen LogP) is 5.24. The first kappa shape index (κ1) is 15.3. The van der Waals surface area contributed by atoms with E-state index in [0.29, 0.717) is 12.3 Å². The van der Waals surface area contributed by atoms with Gasteiger partial charge in [0.05, 0.1) is 6.10 Å². The maximum atomic E-state index is 10.3. The molecule has 2 aromatic carbocycles. The van der Waals surface area contributed by atoms with Crippen molar-refractivity contribution in [1.82, 2.24) is 0 Å². The van der Waals surface area contributed by atoms with Gasteiger partial charge in [0.15, 0.2) is 0 Å². The molecule has 2 heteroatoms. The molecule has 20 heavy (non-hydrogen) atoms. The van der Waals surface area contributed by atoms with Crippen molar-refractivity contribution in [1.29, 1.82) is 0 Å². The molecule has 2 rings (SSSR count). The molecule has 0 saturated heterocycles. The molecule has 0 aliphatic heterocycles. The van der Waals surface area contributed by atoms with Gasteiger partial charge < -0.3 is 5.11 Å². The predicted molar refractivity (Wildman–Crippen MR) is 88.0 cm³/mol. The van der Waals surface area contributed by atoms with Crippen molar-refractivity contribution in [3.8, 4) is 0 Å².